The molecule has 0 saturated heterocycles. The van der Waals surface area contributed by atoms with Gasteiger partial charge >= 0.3 is 6.09 Å². The number of anilines is 1. The van der Waals surface area contributed by atoms with Crippen LogP contribution in [0.4, 0.5) is 10.6 Å². The Morgan fingerprint density at radius 3 is 2.71 bits per heavy atom. The molecule has 2 rings (SSSR count). The Kier molecular flexibility index (Phi) is 5.33. The van der Waals surface area contributed by atoms with Gasteiger partial charge < -0.3 is 4.74 Å². The normalized spacial score (nSPS) is 10.2. The van der Waals surface area contributed by atoms with E-state index in [2.05, 4.69) is 26.2 Å². The van der Waals surface area contributed by atoms with Crippen LogP contribution in [-0.2, 0) is 17.8 Å². The zero-order chi connectivity index (χ0) is 15.2. The van der Waals surface area contributed by atoms with Crippen LogP contribution >= 0.6 is 15.9 Å². The molecular formula is C16H17BrN2O2. The summed E-state index contributed by atoms with van der Waals surface area (Å²) in [4.78, 5) is 16.2. The van der Waals surface area contributed by atoms with Gasteiger partial charge in [-0.15, -0.1) is 0 Å². The van der Waals surface area contributed by atoms with Crippen molar-refractivity contribution in [2.24, 2.45) is 0 Å². The van der Waals surface area contributed by atoms with Crippen LogP contribution in [0.3, 0.4) is 0 Å². The molecule has 0 spiro atoms. The standard InChI is InChI=1S/C16H17BrN2O2/c1-3-13-9-14(17)11(2)18-15(13)19-16(20)21-10-12-7-5-4-6-8-12/h4-9H,3,10H2,1-2H3,(H,18,19,20). The number of hydrogen-bond donors (Lipinski definition) is 1. The summed E-state index contributed by atoms with van der Waals surface area (Å²) in [5, 5.41) is 2.71. The van der Waals surface area contributed by atoms with Crippen LogP contribution in [0.1, 0.15) is 23.7 Å². The summed E-state index contributed by atoms with van der Waals surface area (Å²) in [6, 6.07) is 11.5. The number of nitrogens with one attached hydrogen (secondary N) is 1. The maximum Gasteiger partial charge on any atom is 0.413 e. The van der Waals surface area contributed by atoms with Gasteiger partial charge in [-0.25, -0.2) is 9.78 Å². The minimum absolute atomic E-state index is 0.240. The SMILES string of the molecule is CCc1cc(Br)c(C)nc1NC(=O)OCc1ccccc1. The number of carbonyl (C=O) groups is 1. The first-order chi connectivity index (χ1) is 10.1. The van der Waals surface area contributed by atoms with Crippen molar-refractivity contribution in [3.05, 3.63) is 57.7 Å². The first kappa shape index (κ1) is 15.5. The summed E-state index contributed by atoms with van der Waals surface area (Å²) in [5.74, 6) is 0.552. The highest BCUT2D eigenvalue weighted by molar-refractivity contribution is 9.10. The van der Waals surface area contributed by atoms with E-state index >= 15 is 0 Å². The molecule has 1 amide bonds. The van der Waals surface area contributed by atoms with Gasteiger partial charge in [0.25, 0.3) is 0 Å². The van der Waals surface area contributed by atoms with Gasteiger partial charge in [0.05, 0.1) is 5.69 Å². The molecule has 0 aliphatic rings. The third kappa shape index (κ3) is 4.29. The van der Waals surface area contributed by atoms with Crippen LogP contribution in [0.2, 0.25) is 0 Å². The predicted molar refractivity (Wildman–Crippen MR) is 86.3 cm³/mol. The number of aromatic nitrogens is 1. The average Bonchev–Trinajstić information content (AvgIpc) is 2.49. The van der Waals surface area contributed by atoms with Gasteiger partial charge in [0.2, 0.25) is 0 Å². The lowest BCUT2D eigenvalue weighted by Crippen LogP contribution is -2.16. The lowest BCUT2D eigenvalue weighted by atomic mass is 10.2. The Morgan fingerprint density at radius 1 is 1.33 bits per heavy atom. The molecule has 1 aromatic carbocycles. The molecule has 21 heavy (non-hydrogen) atoms. The van der Waals surface area contributed by atoms with Crippen LogP contribution in [0.15, 0.2) is 40.9 Å². The number of rotatable bonds is 4. The lowest BCUT2D eigenvalue weighted by Gasteiger charge is -2.11. The van der Waals surface area contributed by atoms with Gasteiger partial charge in [-0.05, 0) is 46.5 Å². The third-order valence-corrected chi connectivity index (χ3v) is 3.85. The Balaban J connectivity index is 2.01. The van der Waals surface area contributed by atoms with Crippen molar-refractivity contribution >= 4 is 27.8 Å². The van der Waals surface area contributed by atoms with Gasteiger partial charge in [-0.1, -0.05) is 37.3 Å². The van der Waals surface area contributed by atoms with Crippen molar-refractivity contribution in [1.82, 2.24) is 4.98 Å². The van der Waals surface area contributed by atoms with E-state index in [9.17, 15) is 4.79 Å². The first-order valence-electron chi connectivity index (χ1n) is 6.74. The Hall–Kier alpha value is -1.88. The number of carbonyl (C=O) groups excluding carboxylic acids is 1. The Labute approximate surface area is 132 Å². The highest BCUT2D eigenvalue weighted by Crippen LogP contribution is 2.22. The molecule has 110 valence electrons. The number of benzene rings is 1. The molecule has 1 N–H and O–H groups in total. The van der Waals surface area contributed by atoms with E-state index in [4.69, 9.17) is 4.74 Å². The second kappa shape index (κ2) is 7.22. The van der Waals surface area contributed by atoms with E-state index in [0.717, 1.165) is 27.7 Å². The molecule has 0 fully saturated rings. The fourth-order valence-electron chi connectivity index (χ4n) is 1.85. The topological polar surface area (TPSA) is 51.2 Å². The summed E-state index contributed by atoms with van der Waals surface area (Å²) in [6.45, 7) is 4.13. The molecular weight excluding hydrogens is 332 g/mol. The number of ether oxygens (including phenoxy) is 1. The molecule has 0 saturated carbocycles. The number of halogens is 1. The third-order valence-electron chi connectivity index (χ3n) is 3.04. The summed E-state index contributed by atoms with van der Waals surface area (Å²) in [6.07, 6.45) is 0.281. The van der Waals surface area contributed by atoms with Crippen LogP contribution in [0, 0.1) is 6.92 Å². The van der Waals surface area contributed by atoms with Gasteiger partial charge in [-0.3, -0.25) is 5.32 Å². The molecule has 0 aliphatic carbocycles. The molecule has 1 aromatic heterocycles. The number of nitrogens with zero attached hydrogens (tertiary/aromatic N) is 1. The number of hydrogen-bond acceptors (Lipinski definition) is 3. The smallest absolute Gasteiger partial charge is 0.413 e. The monoisotopic (exact) mass is 348 g/mol. The minimum atomic E-state index is -0.497. The molecule has 1 heterocycles. The van der Waals surface area contributed by atoms with Crippen LogP contribution in [-0.4, -0.2) is 11.1 Å². The minimum Gasteiger partial charge on any atom is -0.444 e. The van der Waals surface area contributed by atoms with E-state index in [1.54, 1.807) is 0 Å². The highest BCUT2D eigenvalue weighted by atomic mass is 79.9. The predicted octanol–water partition coefficient (Wildman–Crippen LogP) is 4.46. The van der Waals surface area contributed by atoms with Crippen molar-refractivity contribution in [1.29, 1.82) is 0 Å². The highest BCUT2D eigenvalue weighted by Gasteiger charge is 2.11. The van der Waals surface area contributed by atoms with Gasteiger partial charge in [0.1, 0.15) is 12.4 Å². The van der Waals surface area contributed by atoms with E-state index in [1.807, 2.05) is 50.2 Å². The quantitative estimate of drug-likeness (QED) is 0.886. The lowest BCUT2D eigenvalue weighted by molar-refractivity contribution is 0.155. The second-order valence-corrected chi connectivity index (χ2v) is 5.46. The van der Waals surface area contributed by atoms with E-state index in [1.165, 1.54) is 0 Å². The molecule has 4 nitrogen and oxygen atoms in total. The van der Waals surface area contributed by atoms with Gasteiger partial charge in [-0.2, -0.15) is 0 Å². The molecule has 0 radical (unpaired) electrons. The van der Waals surface area contributed by atoms with Gasteiger partial charge in [0.15, 0.2) is 0 Å². The molecule has 0 unspecified atom stereocenters. The molecule has 0 bridgehead atoms. The zero-order valence-corrected chi connectivity index (χ0v) is 13.6. The maximum absolute atomic E-state index is 11.9. The Morgan fingerprint density at radius 2 is 2.05 bits per heavy atom. The number of pyridine rings is 1. The fraction of sp³-hybridized carbons (Fsp3) is 0.250. The van der Waals surface area contributed by atoms with Crippen molar-refractivity contribution < 1.29 is 9.53 Å². The van der Waals surface area contributed by atoms with E-state index in [0.29, 0.717) is 5.82 Å². The van der Waals surface area contributed by atoms with Gasteiger partial charge in [0, 0.05) is 4.47 Å². The largest absolute Gasteiger partial charge is 0.444 e. The molecule has 2 aromatic rings. The average molecular weight is 349 g/mol. The molecule has 5 heteroatoms. The van der Waals surface area contributed by atoms with Crippen molar-refractivity contribution in [3.8, 4) is 0 Å². The zero-order valence-electron chi connectivity index (χ0n) is 12.0. The van der Waals surface area contributed by atoms with Crippen LogP contribution < -0.4 is 5.32 Å². The first-order valence-corrected chi connectivity index (χ1v) is 7.53. The van der Waals surface area contributed by atoms with Crippen LogP contribution in [0.5, 0.6) is 0 Å². The second-order valence-electron chi connectivity index (χ2n) is 4.60. The van der Waals surface area contributed by atoms with Crippen molar-refractivity contribution in [2.45, 2.75) is 26.9 Å². The number of amides is 1. The summed E-state index contributed by atoms with van der Waals surface area (Å²) < 4.78 is 6.13. The molecule has 0 aliphatic heterocycles. The summed E-state index contributed by atoms with van der Waals surface area (Å²) in [5.41, 5.74) is 2.73. The molecule has 0 atom stereocenters. The summed E-state index contributed by atoms with van der Waals surface area (Å²) >= 11 is 3.44. The maximum atomic E-state index is 11.9. The van der Waals surface area contributed by atoms with Crippen molar-refractivity contribution in [2.75, 3.05) is 5.32 Å². The van der Waals surface area contributed by atoms with E-state index < -0.39 is 6.09 Å². The fourth-order valence-corrected chi connectivity index (χ4v) is 2.22. The van der Waals surface area contributed by atoms with Crippen LogP contribution in [0.25, 0.3) is 0 Å². The van der Waals surface area contributed by atoms with E-state index in [-0.39, 0.29) is 6.61 Å². The Bertz CT molecular complexity index is 630. The summed E-state index contributed by atoms with van der Waals surface area (Å²) in [7, 11) is 0. The van der Waals surface area contributed by atoms with Crippen molar-refractivity contribution in [3.63, 3.8) is 0 Å². The number of aryl methyl sites for hydroxylation is 2.